The fourth-order valence-corrected chi connectivity index (χ4v) is 2.07. The van der Waals surface area contributed by atoms with E-state index in [0.717, 1.165) is 0 Å². The molecule has 0 bridgehead atoms. The number of nitrogens with zero attached hydrogens (tertiary/aromatic N) is 1. The molecule has 0 spiro atoms. The highest BCUT2D eigenvalue weighted by atomic mass is 35.5. The molecule has 0 saturated carbocycles. The van der Waals surface area contributed by atoms with E-state index in [1.807, 2.05) is 27.7 Å². The topological polar surface area (TPSA) is 58.6 Å². The van der Waals surface area contributed by atoms with Crippen LogP contribution in [0, 0.1) is 0 Å². The van der Waals surface area contributed by atoms with E-state index in [-0.39, 0.29) is 23.4 Å². The van der Waals surface area contributed by atoms with Crippen molar-refractivity contribution >= 4 is 23.6 Å². The molecule has 2 amide bonds. The summed E-state index contributed by atoms with van der Waals surface area (Å²) in [5, 5.41) is 2.90. The summed E-state index contributed by atoms with van der Waals surface area (Å²) < 4.78 is 5.33. The Hall–Kier alpha value is -0.970. The number of likely N-dealkylation sites (tertiary alicyclic amines) is 1. The summed E-state index contributed by atoms with van der Waals surface area (Å²) in [5.74, 6) is -0.208. The van der Waals surface area contributed by atoms with E-state index in [4.69, 9.17) is 16.3 Å². The van der Waals surface area contributed by atoms with Gasteiger partial charge in [0.25, 0.3) is 0 Å². The molecule has 1 aliphatic rings. The van der Waals surface area contributed by atoms with Crippen molar-refractivity contribution in [2.75, 3.05) is 19.0 Å². The molecule has 0 aromatic heterocycles. The molecule has 19 heavy (non-hydrogen) atoms. The van der Waals surface area contributed by atoms with Crippen LogP contribution >= 0.6 is 11.6 Å². The first-order valence-corrected chi connectivity index (χ1v) is 7.04. The molecule has 1 aliphatic heterocycles. The molecule has 6 heteroatoms. The smallest absolute Gasteiger partial charge is 0.410 e. The lowest BCUT2D eigenvalue weighted by Crippen LogP contribution is -2.55. The fourth-order valence-electron chi connectivity index (χ4n) is 2.00. The third kappa shape index (κ3) is 5.27. The summed E-state index contributed by atoms with van der Waals surface area (Å²) in [4.78, 5) is 24.9. The number of hydrogen-bond donors (Lipinski definition) is 1. The molecule has 1 fully saturated rings. The van der Waals surface area contributed by atoms with Crippen molar-refractivity contribution in [1.82, 2.24) is 10.2 Å². The van der Waals surface area contributed by atoms with E-state index >= 15 is 0 Å². The number of rotatable bonds is 2. The number of piperidine rings is 1. The number of hydrogen-bond acceptors (Lipinski definition) is 3. The van der Waals surface area contributed by atoms with Crippen LogP contribution in [-0.4, -0.2) is 47.0 Å². The number of ether oxygens (including phenoxy) is 1. The zero-order valence-corrected chi connectivity index (χ0v) is 12.8. The van der Waals surface area contributed by atoms with Gasteiger partial charge in [0.2, 0.25) is 5.91 Å². The predicted octanol–water partition coefficient (Wildman–Crippen LogP) is 2.13. The van der Waals surface area contributed by atoms with E-state index in [1.54, 1.807) is 4.90 Å². The second-order valence-corrected chi connectivity index (χ2v) is 6.48. The second kappa shape index (κ2) is 5.99. The lowest BCUT2D eigenvalue weighted by Gasteiger charge is -2.40. The van der Waals surface area contributed by atoms with Gasteiger partial charge in [-0.2, -0.15) is 0 Å². The molecule has 0 atom stereocenters. The van der Waals surface area contributed by atoms with E-state index in [0.29, 0.717) is 25.9 Å². The second-order valence-electron chi connectivity index (χ2n) is 6.21. The summed E-state index contributed by atoms with van der Waals surface area (Å²) >= 11 is 5.49. The highest BCUT2D eigenvalue weighted by molar-refractivity contribution is 6.27. The van der Waals surface area contributed by atoms with Gasteiger partial charge in [0.1, 0.15) is 11.5 Å². The van der Waals surface area contributed by atoms with Gasteiger partial charge in [-0.15, -0.1) is 11.6 Å². The Morgan fingerprint density at radius 1 is 1.32 bits per heavy atom. The highest BCUT2D eigenvalue weighted by Gasteiger charge is 2.34. The Kier molecular flexibility index (Phi) is 5.07. The standard InChI is InChI=1S/C13H23ClN2O3/c1-12(2,3)19-11(18)16-7-5-13(4,6-8-16)15-10(17)9-14/h5-9H2,1-4H3,(H,15,17). The van der Waals surface area contributed by atoms with Crippen LogP contribution in [0.2, 0.25) is 0 Å². The van der Waals surface area contributed by atoms with Gasteiger partial charge in [-0.3, -0.25) is 4.79 Å². The zero-order chi connectivity index (χ0) is 14.7. The van der Waals surface area contributed by atoms with E-state index in [9.17, 15) is 9.59 Å². The SMILES string of the molecule is CC1(NC(=O)CCl)CCN(C(=O)OC(C)(C)C)CC1. The third-order valence-corrected chi connectivity index (χ3v) is 3.32. The number of carbonyl (C=O) groups is 2. The normalized spacial score (nSPS) is 18.9. The van der Waals surface area contributed by atoms with Crippen molar-refractivity contribution in [1.29, 1.82) is 0 Å². The highest BCUT2D eigenvalue weighted by Crippen LogP contribution is 2.23. The van der Waals surface area contributed by atoms with Gasteiger partial charge >= 0.3 is 6.09 Å². The molecule has 0 radical (unpaired) electrons. The minimum absolute atomic E-state index is 0.0363. The molecule has 5 nitrogen and oxygen atoms in total. The minimum atomic E-state index is -0.481. The summed E-state index contributed by atoms with van der Waals surface area (Å²) in [6.07, 6.45) is 1.11. The van der Waals surface area contributed by atoms with Crippen LogP contribution in [0.4, 0.5) is 4.79 Å². The van der Waals surface area contributed by atoms with Crippen LogP contribution in [0.5, 0.6) is 0 Å². The first kappa shape index (κ1) is 16.1. The number of alkyl halides is 1. The minimum Gasteiger partial charge on any atom is -0.444 e. The first-order chi connectivity index (χ1) is 8.65. The van der Waals surface area contributed by atoms with Crippen LogP contribution in [0.3, 0.4) is 0 Å². The van der Waals surface area contributed by atoms with Crippen molar-refractivity contribution in [3.63, 3.8) is 0 Å². The molecule has 0 aliphatic carbocycles. The Morgan fingerprint density at radius 2 is 1.84 bits per heavy atom. The molecular weight excluding hydrogens is 268 g/mol. The van der Waals surface area contributed by atoms with Gasteiger partial charge in [-0.05, 0) is 40.5 Å². The van der Waals surface area contributed by atoms with Crippen LogP contribution in [0.1, 0.15) is 40.5 Å². The average molecular weight is 291 g/mol. The molecule has 1 heterocycles. The molecular formula is C13H23ClN2O3. The van der Waals surface area contributed by atoms with Crippen molar-refractivity contribution < 1.29 is 14.3 Å². The molecule has 110 valence electrons. The quantitative estimate of drug-likeness (QED) is 0.793. The van der Waals surface area contributed by atoms with Gasteiger partial charge in [-0.1, -0.05) is 0 Å². The molecule has 1 rings (SSSR count). The summed E-state index contributed by atoms with van der Waals surface area (Å²) in [6.45, 7) is 8.67. The monoisotopic (exact) mass is 290 g/mol. The lowest BCUT2D eigenvalue weighted by atomic mass is 9.90. The molecule has 1 saturated heterocycles. The van der Waals surface area contributed by atoms with E-state index in [1.165, 1.54) is 0 Å². The van der Waals surface area contributed by atoms with Gasteiger partial charge in [0.15, 0.2) is 0 Å². The van der Waals surface area contributed by atoms with Crippen molar-refractivity contribution in [2.45, 2.75) is 51.7 Å². The number of halogens is 1. The number of amides is 2. The molecule has 0 aromatic carbocycles. The maximum Gasteiger partial charge on any atom is 0.410 e. The predicted molar refractivity (Wildman–Crippen MR) is 74.3 cm³/mol. The van der Waals surface area contributed by atoms with Gasteiger partial charge < -0.3 is 15.0 Å². The Balaban J connectivity index is 2.48. The van der Waals surface area contributed by atoms with Crippen molar-refractivity contribution in [3.8, 4) is 0 Å². The molecule has 0 unspecified atom stereocenters. The van der Waals surface area contributed by atoms with Crippen molar-refractivity contribution in [3.05, 3.63) is 0 Å². The zero-order valence-electron chi connectivity index (χ0n) is 12.1. The van der Waals surface area contributed by atoms with Gasteiger partial charge in [-0.25, -0.2) is 4.79 Å². The Labute approximate surface area is 119 Å². The Morgan fingerprint density at radius 3 is 2.26 bits per heavy atom. The lowest BCUT2D eigenvalue weighted by molar-refractivity contribution is -0.120. The maximum absolute atomic E-state index is 11.9. The number of nitrogens with one attached hydrogen (secondary N) is 1. The number of carbonyl (C=O) groups excluding carboxylic acids is 2. The van der Waals surface area contributed by atoms with Crippen LogP contribution in [-0.2, 0) is 9.53 Å². The van der Waals surface area contributed by atoms with E-state index in [2.05, 4.69) is 5.32 Å². The maximum atomic E-state index is 11.9. The van der Waals surface area contributed by atoms with E-state index < -0.39 is 5.60 Å². The molecule has 0 aromatic rings. The fraction of sp³-hybridized carbons (Fsp3) is 0.846. The summed E-state index contributed by atoms with van der Waals surface area (Å²) in [7, 11) is 0. The van der Waals surface area contributed by atoms with Gasteiger partial charge in [0.05, 0.1) is 0 Å². The third-order valence-electron chi connectivity index (χ3n) is 3.08. The van der Waals surface area contributed by atoms with Gasteiger partial charge in [0, 0.05) is 18.6 Å². The molecule has 1 N–H and O–H groups in total. The van der Waals surface area contributed by atoms with Crippen LogP contribution in [0.25, 0.3) is 0 Å². The average Bonchev–Trinajstić information content (AvgIpc) is 2.26. The largest absolute Gasteiger partial charge is 0.444 e. The summed E-state index contributed by atoms with van der Waals surface area (Å²) in [5.41, 5.74) is -0.769. The Bertz CT molecular complexity index is 344. The van der Waals surface area contributed by atoms with Crippen LogP contribution < -0.4 is 5.32 Å². The van der Waals surface area contributed by atoms with Crippen molar-refractivity contribution in [2.24, 2.45) is 0 Å². The summed E-state index contributed by atoms with van der Waals surface area (Å²) in [6, 6.07) is 0. The van der Waals surface area contributed by atoms with Crippen LogP contribution in [0.15, 0.2) is 0 Å². The first-order valence-electron chi connectivity index (χ1n) is 6.50.